The topological polar surface area (TPSA) is 61.3 Å². The van der Waals surface area contributed by atoms with Gasteiger partial charge in [0.1, 0.15) is 17.9 Å². The third-order valence-electron chi connectivity index (χ3n) is 2.26. The van der Waals surface area contributed by atoms with E-state index in [1.165, 1.54) is 0 Å². The number of fused-ring (bicyclic) bond motifs is 1. The average Bonchev–Trinajstić information content (AvgIpc) is 2.69. The van der Waals surface area contributed by atoms with Gasteiger partial charge in [0.15, 0.2) is 11.5 Å². The van der Waals surface area contributed by atoms with Crippen LogP contribution in [0.2, 0.25) is 0 Å². The second-order valence-corrected chi connectivity index (χ2v) is 3.97. The molecule has 0 saturated heterocycles. The molecule has 2 rings (SSSR count). The molecule has 2 N–H and O–H groups in total. The van der Waals surface area contributed by atoms with Gasteiger partial charge in [-0.1, -0.05) is 13.8 Å². The molecule has 1 heterocycles. The minimum absolute atomic E-state index is 0.292. The van der Waals surface area contributed by atoms with E-state index in [0.29, 0.717) is 19.1 Å². The molecule has 4 heteroatoms. The van der Waals surface area contributed by atoms with E-state index in [1.807, 2.05) is 18.2 Å². The van der Waals surface area contributed by atoms with Crippen LogP contribution in [0.3, 0.4) is 0 Å². The molecule has 4 nitrogen and oxygen atoms in total. The molecule has 0 aliphatic rings. The molecule has 1 aromatic carbocycles. The highest BCUT2D eigenvalue weighted by atomic mass is 16.5. The Kier molecular flexibility index (Phi) is 3.10. The van der Waals surface area contributed by atoms with Crippen LogP contribution in [0, 0.1) is 0 Å². The predicted molar refractivity (Wildman–Crippen MR) is 62.6 cm³/mol. The van der Waals surface area contributed by atoms with Gasteiger partial charge in [0.25, 0.3) is 0 Å². The normalized spacial score (nSPS) is 11.2. The minimum Gasteiger partial charge on any atom is -0.492 e. The molecule has 0 unspecified atom stereocenters. The maximum atomic E-state index is 5.63. The second-order valence-electron chi connectivity index (χ2n) is 3.97. The Morgan fingerprint density at radius 3 is 2.94 bits per heavy atom. The summed E-state index contributed by atoms with van der Waals surface area (Å²) in [5.74, 6) is 1.82. The van der Waals surface area contributed by atoms with Gasteiger partial charge in [0.2, 0.25) is 0 Å². The number of nitrogens with two attached hydrogens (primary N) is 1. The maximum Gasteiger partial charge on any atom is 0.198 e. The zero-order valence-corrected chi connectivity index (χ0v) is 9.56. The number of aromatic nitrogens is 1. The number of hydrogen-bond acceptors (Lipinski definition) is 4. The highest BCUT2D eigenvalue weighted by Crippen LogP contribution is 2.24. The van der Waals surface area contributed by atoms with Gasteiger partial charge in [-0.2, -0.15) is 0 Å². The summed E-state index contributed by atoms with van der Waals surface area (Å²) in [5.41, 5.74) is 7.00. The minimum atomic E-state index is 0.292. The molecular weight excluding hydrogens is 204 g/mol. The van der Waals surface area contributed by atoms with Crippen molar-refractivity contribution in [1.29, 1.82) is 0 Å². The van der Waals surface area contributed by atoms with Gasteiger partial charge in [-0.05, 0) is 12.1 Å². The van der Waals surface area contributed by atoms with E-state index in [9.17, 15) is 0 Å². The average molecular weight is 220 g/mol. The van der Waals surface area contributed by atoms with Crippen LogP contribution in [0.5, 0.6) is 5.75 Å². The van der Waals surface area contributed by atoms with Crippen molar-refractivity contribution in [2.75, 3.05) is 13.2 Å². The lowest BCUT2D eigenvalue weighted by Crippen LogP contribution is -2.10. The quantitative estimate of drug-likeness (QED) is 0.858. The van der Waals surface area contributed by atoms with Crippen molar-refractivity contribution in [1.82, 2.24) is 4.98 Å². The van der Waals surface area contributed by atoms with Crippen LogP contribution < -0.4 is 10.5 Å². The number of nitrogens with zero attached hydrogens (tertiary/aromatic N) is 1. The standard InChI is InChI=1S/C12H16N2O2/c1-8(2)12-14-10-4-3-9(15-6-5-13)7-11(10)16-12/h3-4,7-8H,5-6,13H2,1-2H3. The number of oxazole rings is 1. The van der Waals surface area contributed by atoms with Crippen molar-refractivity contribution >= 4 is 11.1 Å². The summed E-state index contributed by atoms with van der Waals surface area (Å²) < 4.78 is 11.0. The van der Waals surface area contributed by atoms with Crippen molar-refractivity contribution in [2.45, 2.75) is 19.8 Å². The smallest absolute Gasteiger partial charge is 0.198 e. The summed E-state index contributed by atoms with van der Waals surface area (Å²) in [4.78, 5) is 4.39. The van der Waals surface area contributed by atoms with E-state index in [4.69, 9.17) is 14.9 Å². The first-order valence-electron chi connectivity index (χ1n) is 5.44. The molecule has 0 radical (unpaired) electrons. The highest BCUT2D eigenvalue weighted by molar-refractivity contribution is 5.74. The molecule has 16 heavy (non-hydrogen) atoms. The molecule has 86 valence electrons. The summed E-state index contributed by atoms with van der Waals surface area (Å²) in [6.07, 6.45) is 0. The van der Waals surface area contributed by atoms with Crippen molar-refractivity contribution in [3.8, 4) is 5.75 Å². The van der Waals surface area contributed by atoms with Gasteiger partial charge in [0, 0.05) is 18.5 Å². The first-order valence-corrected chi connectivity index (χ1v) is 5.44. The van der Waals surface area contributed by atoms with Gasteiger partial charge in [-0.25, -0.2) is 4.98 Å². The van der Waals surface area contributed by atoms with Crippen LogP contribution in [0.25, 0.3) is 11.1 Å². The van der Waals surface area contributed by atoms with Crippen molar-refractivity contribution in [2.24, 2.45) is 5.73 Å². The highest BCUT2D eigenvalue weighted by Gasteiger charge is 2.09. The lowest BCUT2D eigenvalue weighted by Gasteiger charge is -2.02. The molecule has 0 aliphatic heterocycles. The summed E-state index contributed by atoms with van der Waals surface area (Å²) in [6.45, 7) is 5.12. The first kappa shape index (κ1) is 11.0. The van der Waals surface area contributed by atoms with Crippen LogP contribution in [-0.4, -0.2) is 18.1 Å². The van der Waals surface area contributed by atoms with Gasteiger partial charge in [-0.15, -0.1) is 0 Å². The molecule has 1 aromatic heterocycles. The monoisotopic (exact) mass is 220 g/mol. The van der Waals surface area contributed by atoms with E-state index in [-0.39, 0.29) is 0 Å². The number of hydrogen-bond donors (Lipinski definition) is 1. The maximum absolute atomic E-state index is 5.63. The molecule has 0 bridgehead atoms. The van der Waals surface area contributed by atoms with E-state index in [1.54, 1.807) is 0 Å². The number of ether oxygens (including phenoxy) is 1. The number of benzene rings is 1. The lowest BCUT2D eigenvalue weighted by atomic mass is 10.2. The fourth-order valence-corrected chi connectivity index (χ4v) is 1.44. The number of rotatable bonds is 4. The molecule has 0 saturated carbocycles. The van der Waals surface area contributed by atoms with Crippen LogP contribution in [0.15, 0.2) is 22.6 Å². The SMILES string of the molecule is CC(C)c1nc2ccc(OCCN)cc2o1. The molecule has 0 spiro atoms. The van der Waals surface area contributed by atoms with Gasteiger partial charge >= 0.3 is 0 Å². The molecule has 0 aliphatic carbocycles. The first-order chi connectivity index (χ1) is 7.70. The summed E-state index contributed by atoms with van der Waals surface area (Å²) in [5, 5.41) is 0. The molecule has 0 amide bonds. The third kappa shape index (κ3) is 2.17. The Balaban J connectivity index is 2.30. The Hall–Kier alpha value is -1.55. The van der Waals surface area contributed by atoms with E-state index in [2.05, 4.69) is 18.8 Å². The van der Waals surface area contributed by atoms with Crippen LogP contribution >= 0.6 is 0 Å². The Labute approximate surface area is 94.4 Å². The fraction of sp³-hybridized carbons (Fsp3) is 0.417. The summed E-state index contributed by atoms with van der Waals surface area (Å²) >= 11 is 0. The van der Waals surface area contributed by atoms with Gasteiger partial charge in [0.05, 0.1) is 0 Å². The lowest BCUT2D eigenvalue weighted by molar-refractivity contribution is 0.328. The summed E-state index contributed by atoms with van der Waals surface area (Å²) in [7, 11) is 0. The Morgan fingerprint density at radius 1 is 1.44 bits per heavy atom. The Morgan fingerprint density at radius 2 is 2.25 bits per heavy atom. The van der Waals surface area contributed by atoms with Crippen molar-refractivity contribution in [3.63, 3.8) is 0 Å². The van der Waals surface area contributed by atoms with Crippen LogP contribution in [-0.2, 0) is 0 Å². The zero-order valence-electron chi connectivity index (χ0n) is 9.56. The van der Waals surface area contributed by atoms with E-state index >= 15 is 0 Å². The molecule has 2 aromatic rings. The van der Waals surface area contributed by atoms with Crippen LogP contribution in [0.1, 0.15) is 25.7 Å². The third-order valence-corrected chi connectivity index (χ3v) is 2.26. The van der Waals surface area contributed by atoms with Crippen molar-refractivity contribution < 1.29 is 9.15 Å². The van der Waals surface area contributed by atoms with E-state index in [0.717, 1.165) is 22.7 Å². The molecule has 0 atom stereocenters. The second kappa shape index (κ2) is 4.53. The largest absolute Gasteiger partial charge is 0.492 e. The van der Waals surface area contributed by atoms with Gasteiger partial charge < -0.3 is 14.9 Å². The zero-order chi connectivity index (χ0) is 11.5. The van der Waals surface area contributed by atoms with Crippen LogP contribution in [0.4, 0.5) is 0 Å². The van der Waals surface area contributed by atoms with Gasteiger partial charge in [-0.3, -0.25) is 0 Å². The van der Waals surface area contributed by atoms with E-state index < -0.39 is 0 Å². The van der Waals surface area contributed by atoms with Crippen molar-refractivity contribution in [3.05, 3.63) is 24.1 Å². The molecule has 0 fully saturated rings. The fourth-order valence-electron chi connectivity index (χ4n) is 1.44. The predicted octanol–water partition coefficient (Wildman–Crippen LogP) is 2.29. The Bertz CT molecular complexity index is 477. The summed E-state index contributed by atoms with van der Waals surface area (Å²) in [6, 6.07) is 5.63. The molecular formula is C12H16N2O2.